The molecule has 0 aromatic carbocycles. The highest BCUT2D eigenvalue weighted by Crippen LogP contribution is 2.21. The zero-order valence-electron chi connectivity index (χ0n) is 14.3. The molecule has 1 unspecified atom stereocenters. The van der Waals surface area contributed by atoms with Crippen LogP contribution in [0.15, 0.2) is 12.3 Å². The fourth-order valence-electron chi connectivity index (χ4n) is 2.41. The Balaban J connectivity index is 2.80. The molecule has 0 fully saturated rings. The van der Waals surface area contributed by atoms with Gasteiger partial charge >= 0.3 is 0 Å². The first-order chi connectivity index (χ1) is 9.78. The lowest BCUT2D eigenvalue weighted by atomic mass is 9.95. The summed E-state index contributed by atoms with van der Waals surface area (Å²) in [6.45, 7) is 13.1. The second-order valence-corrected chi connectivity index (χ2v) is 6.75. The lowest BCUT2D eigenvalue weighted by molar-refractivity contribution is 0.417. The van der Waals surface area contributed by atoms with Crippen molar-refractivity contribution in [3.63, 3.8) is 0 Å². The molecule has 0 aliphatic heterocycles. The van der Waals surface area contributed by atoms with Gasteiger partial charge in [-0.25, -0.2) is 9.37 Å². The lowest BCUT2D eigenvalue weighted by Gasteiger charge is -2.24. The summed E-state index contributed by atoms with van der Waals surface area (Å²) < 4.78 is 14.5. The van der Waals surface area contributed by atoms with Crippen LogP contribution in [0.4, 0.5) is 10.2 Å². The summed E-state index contributed by atoms with van der Waals surface area (Å²) in [7, 11) is 0. The summed E-state index contributed by atoms with van der Waals surface area (Å²) in [5.74, 6) is 0.650. The Morgan fingerprint density at radius 1 is 1.24 bits per heavy atom. The molecule has 21 heavy (non-hydrogen) atoms. The number of nitrogens with zero attached hydrogens (tertiary/aromatic N) is 1. The molecule has 1 aromatic rings. The van der Waals surface area contributed by atoms with Gasteiger partial charge in [0.25, 0.3) is 0 Å². The Kier molecular flexibility index (Phi) is 6.59. The maximum atomic E-state index is 14.5. The Labute approximate surface area is 128 Å². The first-order valence-electron chi connectivity index (χ1n) is 7.93. The minimum absolute atomic E-state index is 0.0356. The molecule has 1 rings (SSSR count). The largest absolute Gasteiger partial charge is 0.365 e. The Hall–Kier alpha value is -1.16. The van der Waals surface area contributed by atoms with E-state index in [0.717, 1.165) is 12.8 Å². The topological polar surface area (TPSA) is 37.0 Å². The van der Waals surface area contributed by atoms with Gasteiger partial charge in [0.05, 0.1) is 0 Å². The monoisotopic (exact) mass is 295 g/mol. The quantitative estimate of drug-likeness (QED) is 0.785. The van der Waals surface area contributed by atoms with E-state index in [0.29, 0.717) is 23.8 Å². The number of hydrogen-bond acceptors (Lipinski definition) is 3. The number of nitrogens with one attached hydrogen (secondary N) is 2. The summed E-state index contributed by atoms with van der Waals surface area (Å²) in [5, 5.41) is 6.54. The van der Waals surface area contributed by atoms with E-state index in [-0.39, 0.29) is 17.4 Å². The van der Waals surface area contributed by atoms with Gasteiger partial charge < -0.3 is 10.6 Å². The van der Waals surface area contributed by atoms with Gasteiger partial charge in [0.15, 0.2) is 11.6 Å². The number of rotatable bonds is 7. The molecule has 0 amide bonds. The summed E-state index contributed by atoms with van der Waals surface area (Å²) in [4.78, 5) is 4.16. The maximum absolute atomic E-state index is 14.5. The molecule has 4 heteroatoms. The highest BCUT2D eigenvalue weighted by molar-refractivity contribution is 5.40. The van der Waals surface area contributed by atoms with Gasteiger partial charge in [0.2, 0.25) is 0 Å². The second-order valence-electron chi connectivity index (χ2n) is 6.75. The van der Waals surface area contributed by atoms with Crippen molar-refractivity contribution in [2.75, 3.05) is 5.32 Å². The molecule has 1 aromatic heterocycles. The van der Waals surface area contributed by atoms with Crippen molar-refractivity contribution in [2.45, 2.75) is 72.5 Å². The number of halogens is 1. The van der Waals surface area contributed by atoms with Crippen LogP contribution in [0.3, 0.4) is 0 Å². The smallest absolute Gasteiger partial charge is 0.169 e. The molecule has 0 aliphatic rings. The third kappa shape index (κ3) is 5.62. The predicted molar refractivity (Wildman–Crippen MR) is 87.9 cm³/mol. The molecular weight excluding hydrogens is 265 g/mol. The molecule has 3 nitrogen and oxygen atoms in total. The van der Waals surface area contributed by atoms with E-state index in [1.54, 1.807) is 12.3 Å². The van der Waals surface area contributed by atoms with Gasteiger partial charge in [-0.2, -0.15) is 0 Å². The van der Waals surface area contributed by atoms with E-state index < -0.39 is 0 Å². The summed E-state index contributed by atoms with van der Waals surface area (Å²) in [5.41, 5.74) is 0.616. The van der Waals surface area contributed by atoms with Crippen molar-refractivity contribution < 1.29 is 4.39 Å². The molecule has 0 saturated carbocycles. The second kappa shape index (κ2) is 7.74. The molecule has 0 radical (unpaired) electrons. The van der Waals surface area contributed by atoms with Crippen LogP contribution in [0.5, 0.6) is 0 Å². The molecular formula is C17H30FN3. The van der Waals surface area contributed by atoms with Crippen LogP contribution in [0.2, 0.25) is 0 Å². The molecule has 2 N–H and O–H groups in total. The van der Waals surface area contributed by atoms with Gasteiger partial charge in [-0.1, -0.05) is 26.7 Å². The van der Waals surface area contributed by atoms with Gasteiger partial charge in [-0.05, 0) is 39.7 Å². The van der Waals surface area contributed by atoms with Gasteiger partial charge in [0, 0.05) is 29.9 Å². The van der Waals surface area contributed by atoms with Gasteiger partial charge in [0.1, 0.15) is 0 Å². The SMILES string of the molecule is CCC(CC)C(C)Nc1nccc(CNC(C)(C)C)c1F. The van der Waals surface area contributed by atoms with E-state index >= 15 is 0 Å². The third-order valence-corrected chi connectivity index (χ3v) is 3.90. The molecule has 0 saturated heterocycles. The summed E-state index contributed by atoms with van der Waals surface area (Å²) in [6, 6.07) is 1.95. The fraction of sp³-hybridized carbons (Fsp3) is 0.706. The Morgan fingerprint density at radius 3 is 2.38 bits per heavy atom. The van der Waals surface area contributed by atoms with Crippen LogP contribution in [0, 0.1) is 11.7 Å². The molecule has 120 valence electrons. The van der Waals surface area contributed by atoms with Crippen LogP contribution in [0.25, 0.3) is 0 Å². The fourth-order valence-corrected chi connectivity index (χ4v) is 2.41. The standard InChI is InChI=1S/C17H30FN3/c1-7-13(8-2)12(3)21-16-15(18)14(9-10-19-16)11-20-17(4,5)6/h9-10,12-13,20H,7-8,11H2,1-6H3,(H,19,21). The highest BCUT2D eigenvalue weighted by Gasteiger charge is 2.18. The highest BCUT2D eigenvalue weighted by atomic mass is 19.1. The normalized spacial score (nSPS) is 13.5. The first kappa shape index (κ1) is 17.9. The van der Waals surface area contributed by atoms with Crippen molar-refractivity contribution in [2.24, 2.45) is 5.92 Å². The minimum Gasteiger partial charge on any atom is -0.365 e. The van der Waals surface area contributed by atoms with Crippen molar-refractivity contribution in [1.82, 2.24) is 10.3 Å². The number of anilines is 1. The van der Waals surface area contributed by atoms with E-state index in [4.69, 9.17) is 0 Å². The van der Waals surface area contributed by atoms with Gasteiger partial charge in [-0.3, -0.25) is 0 Å². The zero-order valence-corrected chi connectivity index (χ0v) is 14.3. The van der Waals surface area contributed by atoms with Gasteiger partial charge in [-0.15, -0.1) is 0 Å². The first-order valence-corrected chi connectivity index (χ1v) is 7.93. The summed E-state index contributed by atoms with van der Waals surface area (Å²) in [6.07, 6.45) is 3.83. The lowest BCUT2D eigenvalue weighted by Crippen LogP contribution is -2.35. The summed E-state index contributed by atoms with van der Waals surface area (Å²) >= 11 is 0. The third-order valence-electron chi connectivity index (χ3n) is 3.90. The Morgan fingerprint density at radius 2 is 1.86 bits per heavy atom. The molecule has 1 atom stereocenters. The van der Waals surface area contributed by atoms with Crippen LogP contribution in [0.1, 0.15) is 59.9 Å². The number of pyridine rings is 1. The van der Waals surface area contributed by atoms with Crippen molar-refractivity contribution in [3.05, 3.63) is 23.6 Å². The van der Waals surface area contributed by atoms with Crippen molar-refractivity contribution >= 4 is 5.82 Å². The molecule has 1 heterocycles. The molecule has 0 spiro atoms. The van der Waals surface area contributed by atoms with E-state index in [1.807, 2.05) is 0 Å². The van der Waals surface area contributed by atoms with Crippen molar-refractivity contribution in [1.29, 1.82) is 0 Å². The molecule has 0 bridgehead atoms. The maximum Gasteiger partial charge on any atom is 0.169 e. The average Bonchev–Trinajstić information content (AvgIpc) is 2.40. The Bertz CT molecular complexity index is 436. The van der Waals surface area contributed by atoms with Crippen LogP contribution >= 0.6 is 0 Å². The zero-order chi connectivity index (χ0) is 16.0. The van der Waals surface area contributed by atoms with Crippen LogP contribution < -0.4 is 10.6 Å². The van der Waals surface area contributed by atoms with Crippen LogP contribution in [-0.4, -0.2) is 16.6 Å². The van der Waals surface area contributed by atoms with Crippen molar-refractivity contribution in [3.8, 4) is 0 Å². The van der Waals surface area contributed by atoms with E-state index in [9.17, 15) is 4.39 Å². The minimum atomic E-state index is -0.243. The average molecular weight is 295 g/mol. The van der Waals surface area contributed by atoms with Crippen LogP contribution in [-0.2, 0) is 6.54 Å². The number of hydrogen-bond donors (Lipinski definition) is 2. The van der Waals surface area contributed by atoms with E-state index in [1.165, 1.54) is 0 Å². The number of aromatic nitrogens is 1. The molecule has 0 aliphatic carbocycles. The van der Waals surface area contributed by atoms with E-state index in [2.05, 4.69) is 57.2 Å². The predicted octanol–water partition coefficient (Wildman–Crippen LogP) is 4.35.